The van der Waals surface area contributed by atoms with Gasteiger partial charge in [0.05, 0.1) is 23.4 Å². The van der Waals surface area contributed by atoms with Gasteiger partial charge in [-0.2, -0.15) is 0 Å². The summed E-state index contributed by atoms with van der Waals surface area (Å²) in [6, 6.07) is 11.0. The van der Waals surface area contributed by atoms with E-state index < -0.39 is 0 Å². The first-order chi connectivity index (χ1) is 16.8. The van der Waals surface area contributed by atoms with Gasteiger partial charge in [-0.3, -0.25) is 0 Å². The van der Waals surface area contributed by atoms with Crippen LogP contribution in [0.2, 0.25) is 0 Å². The third-order valence-corrected chi connectivity index (χ3v) is 8.18. The monoisotopic (exact) mass is 473 g/mol. The van der Waals surface area contributed by atoms with Gasteiger partial charge in [0.1, 0.15) is 22.8 Å². The number of aryl methyl sites for hydroxylation is 2. The number of aromatic nitrogens is 3. The van der Waals surface area contributed by atoms with Gasteiger partial charge in [0.25, 0.3) is 0 Å². The molecule has 3 aromatic heterocycles. The molecule has 0 bridgehead atoms. The molecule has 7 heteroatoms. The van der Waals surface area contributed by atoms with Gasteiger partial charge in [0, 0.05) is 24.5 Å². The lowest BCUT2D eigenvalue weighted by Crippen LogP contribution is -2.37. The van der Waals surface area contributed by atoms with Gasteiger partial charge in [-0.15, -0.1) is 11.3 Å². The lowest BCUT2D eigenvalue weighted by atomic mass is 9.90. The lowest BCUT2D eigenvalue weighted by Gasteiger charge is -2.31. The maximum atomic E-state index is 5.61. The molecular formula is C27H31N5OS. The molecule has 0 spiro atoms. The van der Waals surface area contributed by atoms with Crippen LogP contribution in [0.1, 0.15) is 42.9 Å². The Kier molecular flexibility index (Phi) is 6.05. The highest BCUT2D eigenvalue weighted by Crippen LogP contribution is 2.42. The molecule has 0 amide bonds. The first kappa shape index (κ1) is 21.7. The Morgan fingerprint density at radius 3 is 2.68 bits per heavy atom. The van der Waals surface area contributed by atoms with Crippen molar-refractivity contribution in [2.24, 2.45) is 0 Å². The van der Waals surface area contributed by atoms with Crippen LogP contribution in [-0.2, 0) is 24.0 Å². The van der Waals surface area contributed by atoms with E-state index in [-0.39, 0.29) is 0 Å². The molecule has 1 aliphatic heterocycles. The van der Waals surface area contributed by atoms with E-state index in [9.17, 15) is 0 Å². The Morgan fingerprint density at radius 2 is 1.85 bits per heavy atom. The van der Waals surface area contributed by atoms with Crippen molar-refractivity contribution in [3.05, 3.63) is 53.3 Å². The van der Waals surface area contributed by atoms with Gasteiger partial charge < -0.3 is 15.0 Å². The SMILES string of the molecule is C[C@H](CCc1ccccc1)Nc1ncnc2c1sc1nc(N3CCOCC3)c3c(c12)CCCC3. The Bertz CT molecular complexity index is 1300. The normalized spacial score (nSPS) is 17.1. The molecule has 1 atom stereocenters. The highest BCUT2D eigenvalue weighted by Gasteiger charge is 2.26. The van der Waals surface area contributed by atoms with Crippen LogP contribution in [0, 0.1) is 0 Å². The summed E-state index contributed by atoms with van der Waals surface area (Å²) in [6.07, 6.45) is 8.50. The molecule has 4 heterocycles. The van der Waals surface area contributed by atoms with Crippen molar-refractivity contribution >= 4 is 43.4 Å². The van der Waals surface area contributed by atoms with Crippen LogP contribution in [0.3, 0.4) is 0 Å². The van der Waals surface area contributed by atoms with Crippen molar-refractivity contribution in [3.63, 3.8) is 0 Å². The van der Waals surface area contributed by atoms with E-state index in [0.29, 0.717) is 6.04 Å². The molecule has 1 aromatic carbocycles. The van der Waals surface area contributed by atoms with Crippen LogP contribution < -0.4 is 10.2 Å². The second kappa shape index (κ2) is 9.47. The minimum absolute atomic E-state index is 0.314. The summed E-state index contributed by atoms with van der Waals surface area (Å²) in [5.74, 6) is 2.11. The van der Waals surface area contributed by atoms with Crippen molar-refractivity contribution < 1.29 is 4.74 Å². The number of hydrogen-bond donors (Lipinski definition) is 1. The van der Waals surface area contributed by atoms with Gasteiger partial charge in [-0.1, -0.05) is 30.3 Å². The zero-order chi connectivity index (χ0) is 22.9. The molecule has 1 saturated heterocycles. The summed E-state index contributed by atoms with van der Waals surface area (Å²) in [6.45, 7) is 5.63. The number of nitrogens with one attached hydrogen (secondary N) is 1. The number of morpholine rings is 1. The fourth-order valence-electron chi connectivity index (χ4n) is 5.31. The van der Waals surface area contributed by atoms with Crippen LogP contribution in [0.4, 0.5) is 11.6 Å². The summed E-state index contributed by atoms with van der Waals surface area (Å²) >= 11 is 1.74. The number of benzene rings is 1. The molecule has 0 unspecified atom stereocenters. The summed E-state index contributed by atoms with van der Waals surface area (Å²) in [5.41, 5.74) is 5.33. The fourth-order valence-corrected chi connectivity index (χ4v) is 6.42. The number of ether oxygens (including phenoxy) is 1. The Balaban J connectivity index is 1.36. The van der Waals surface area contributed by atoms with Crippen molar-refractivity contribution in [3.8, 4) is 0 Å². The van der Waals surface area contributed by atoms with Gasteiger partial charge in [0.2, 0.25) is 0 Å². The van der Waals surface area contributed by atoms with Gasteiger partial charge in [-0.05, 0) is 62.1 Å². The second-order valence-corrected chi connectivity index (χ2v) is 10.4. The van der Waals surface area contributed by atoms with Crippen molar-refractivity contribution in [1.29, 1.82) is 0 Å². The zero-order valence-electron chi connectivity index (χ0n) is 19.7. The molecular weight excluding hydrogens is 442 g/mol. The van der Waals surface area contributed by atoms with Crippen LogP contribution in [0.25, 0.3) is 20.4 Å². The van der Waals surface area contributed by atoms with Crippen LogP contribution in [0.15, 0.2) is 36.7 Å². The Hall–Kier alpha value is -2.77. The zero-order valence-corrected chi connectivity index (χ0v) is 20.5. The number of hydrogen-bond acceptors (Lipinski definition) is 7. The molecule has 4 aromatic rings. The molecule has 34 heavy (non-hydrogen) atoms. The molecule has 2 aliphatic rings. The van der Waals surface area contributed by atoms with E-state index in [1.807, 2.05) is 0 Å². The standard InChI is InChI=1S/C27H31N5OS/c1-18(11-12-19-7-3-2-4-8-19)30-25-24-23(28-17-29-25)22-20-9-5-6-10-21(20)26(31-27(22)34-24)32-13-15-33-16-14-32/h2-4,7-8,17-18H,5-6,9-16H2,1H3,(H,28,29,30)/t18-/m1/s1. The summed E-state index contributed by atoms with van der Waals surface area (Å²) in [7, 11) is 0. The molecule has 176 valence electrons. The number of anilines is 2. The number of fused-ring (bicyclic) bond motifs is 5. The van der Waals surface area contributed by atoms with Crippen LogP contribution >= 0.6 is 11.3 Å². The average molecular weight is 474 g/mol. The molecule has 1 fully saturated rings. The van der Waals surface area contributed by atoms with Crippen molar-refractivity contribution in [1.82, 2.24) is 15.0 Å². The minimum Gasteiger partial charge on any atom is -0.378 e. The first-order valence-electron chi connectivity index (χ1n) is 12.5. The number of nitrogens with zero attached hydrogens (tertiary/aromatic N) is 4. The Morgan fingerprint density at radius 1 is 1.06 bits per heavy atom. The van der Waals surface area contributed by atoms with Crippen LogP contribution in [-0.4, -0.2) is 47.3 Å². The van der Waals surface area contributed by atoms with Crippen molar-refractivity contribution in [2.75, 3.05) is 36.5 Å². The quantitative estimate of drug-likeness (QED) is 0.405. The summed E-state index contributed by atoms with van der Waals surface area (Å²) in [4.78, 5) is 18.2. The third-order valence-electron chi connectivity index (χ3n) is 7.10. The molecule has 1 N–H and O–H groups in total. The van der Waals surface area contributed by atoms with E-state index >= 15 is 0 Å². The molecule has 1 aliphatic carbocycles. The second-order valence-electron chi connectivity index (χ2n) is 9.45. The predicted molar refractivity (Wildman–Crippen MR) is 140 cm³/mol. The maximum absolute atomic E-state index is 5.61. The smallest absolute Gasteiger partial charge is 0.147 e. The predicted octanol–water partition coefficient (Wildman–Crippen LogP) is 5.39. The summed E-state index contributed by atoms with van der Waals surface area (Å²) in [5, 5.41) is 4.94. The number of pyridine rings is 1. The van der Waals surface area contributed by atoms with Gasteiger partial charge >= 0.3 is 0 Å². The molecule has 6 nitrogen and oxygen atoms in total. The van der Waals surface area contributed by atoms with E-state index in [2.05, 4.69) is 52.5 Å². The summed E-state index contributed by atoms with van der Waals surface area (Å²) < 4.78 is 6.74. The average Bonchev–Trinajstić information content (AvgIpc) is 3.28. The molecule has 0 radical (unpaired) electrons. The highest BCUT2D eigenvalue weighted by molar-refractivity contribution is 7.26. The number of rotatable bonds is 6. The minimum atomic E-state index is 0.314. The fraction of sp³-hybridized carbons (Fsp3) is 0.444. The van der Waals surface area contributed by atoms with E-state index in [1.54, 1.807) is 17.7 Å². The maximum Gasteiger partial charge on any atom is 0.147 e. The topological polar surface area (TPSA) is 63.2 Å². The van der Waals surface area contributed by atoms with E-state index in [4.69, 9.17) is 14.7 Å². The van der Waals surface area contributed by atoms with E-state index in [0.717, 1.165) is 72.9 Å². The van der Waals surface area contributed by atoms with Gasteiger partial charge in [0.15, 0.2) is 0 Å². The van der Waals surface area contributed by atoms with Gasteiger partial charge in [-0.25, -0.2) is 15.0 Å². The molecule has 0 saturated carbocycles. The van der Waals surface area contributed by atoms with E-state index in [1.165, 1.54) is 40.7 Å². The molecule has 6 rings (SSSR count). The van der Waals surface area contributed by atoms with Crippen molar-refractivity contribution in [2.45, 2.75) is 51.5 Å². The number of thiophene rings is 1. The highest BCUT2D eigenvalue weighted by atomic mass is 32.1. The Labute approximate surface area is 204 Å². The third kappa shape index (κ3) is 4.12. The lowest BCUT2D eigenvalue weighted by molar-refractivity contribution is 0.122. The van der Waals surface area contributed by atoms with Crippen LogP contribution in [0.5, 0.6) is 0 Å². The largest absolute Gasteiger partial charge is 0.378 e. The first-order valence-corrected chi connectivity index (χ1v) is 13.3.